The van der Waals surface area contributed by atoms with Gasteiger partial charge in [0.05, 0.1) is 0 Å². The van der Waals surface area contributed by atoms with Crippen LogP contribution in [-0.4, -0.2) is 53.3 Å². The first-order valence-electron chi connectivity index (χ1n) is 13.2. The fraction of sp³-hybridized carbons (Fsp3) is 0.429. The van der Waals surface area contributed by atoms with Crippen molar-refractivity contribution in [3.05, 3.63) is 64.2 Å². The summed E-state index contributed by atoms with van der Waals surface area (Å²) in [5, 5.41) is 8.01. The van der Waals surface area contributed by atoms with Crippen molar-refractivity contribution in [3.63, 3.8) is 0 Å². The second-order valence-electron chi connectivity index (χ2n) is 10.8. The first kappa shape index (κ1) is 25.3. The number of fused-ring (bicyclic) bond motifs is 3. The molecule has 3 N–H and O–H groups in total. The third-order valence-electron chi connectivity index (χ3n) is 8.47. The largest absolute Gasteiger partial charge is 0.341 e. The molecule has 2 aromatic carbocycles. The van der Waals surface area contributed by atoms with Gasteiger partial charge in [0.25, 0.3) is 5.91 Å². The van der Waals surface area contributed by atoms with Crippen molar-refractivity contribution in [1.82, 2.24) is 20.4 Å². The highest BCUT2D eigenvalue weighted by molar-refractivity contribution is 6.10. The third kappa shape index (κ3) is 4.29. The lowest BCUT2D eigenvalue weighted by Gasteiger charge is -2.31. The highest BCUT2D eigenvalue weighted by Gasteiger charge is 2.56. The van der Waals surface area contributed by atoms with E-state index in [1.165, 1.54) is 13.1 Å². The summed E-state index contributed by atoms with van der Waals surface area (Å²) < 4.78 is 28.0. The molecule has 1 saturated carbocycles. The van der Waals surface area contributed by atoms with Gasteiger partial charge in [-0.1, -0.05) is 6.07 Å². The quantitative estimate of drug-likeness (QED) is 0.521. The number of aryl methyl sites for hydroxylation is 2. The van der Waals surface area contributed by atoms with Crippen molar-refractivity contribution in [2.24, 2.45) is 5.92 Å². The minimum absolute atomic E-state index is 0.102. The topological polar surface area (TPSA) is 111 Å². The van der Waals surface area contributed by atoms with E-state index in [4.69, 9.17) is 0 Å². The van der Waals surface area contributed by atoms with Gasteiger partial charge < -0.3 is 20.9 Å². The first-order chi connectivity index (χ1) is 18.7. The molecule has 1 spiro atoms. The molecule has 2 aliphatic carbocycles. The molecule has 204 valence electrons. The van der Waals surface area contributed by atoms with Crippen LogP contribution in [0.3, 0.4) is 0 Å². The number of carbonyl (C=O) groups excluding carboxylic acids is 4. The molecule has 0 aromatic heterocycles. The smallest absolute Gasteiger partial charge is 0.325 e. The van der Waals surface area contributed by atoms with Gasteiger partial charge in [0.2, 0.25) is 5.91 Å². The van der Waals surface area contributed by atoms with Crippen LogP contribution in [0.1, 0.15) is 47.9 Å². The highest BCUT2D eigenvalue weighted by Crippen LogP contribution is 2.43. The third-order valence-corrected chi connectivity index (χ3v) is 8.47. The van der Waals surface area contributed by atoms with E-state index in [2.05, 4.69) is 16.0 Å². The maximum Gasteiger partial charge on any atom is 0.325 e. The number of benzene rings is 2. The number of halogens is 2. The lowest BCUT2D eigenvalue weighted by molar-refractivity contribution is -0.141. The number of nitrogens with one attached hydrogen (secondary N) is 3. The molecule has 6 amide bonds. The molecular formula is C28H29F2N5O4. The highest BCUT2D eigenvalue weighted by atomic mass is 19.2. The molecule has 6 rings (SSSR count). The summed E-state index contributed by atoms with van der Waals surface area (Å²) >= 11 is 0. The molecule has 11 heteroatoms. The second-order valence-corrected chi connectivity index (χ2v) is 10.8. The van der Waals surface area contributed by atoms with Crippen LogP contribution in [0.25, 0.3) is 0 Å². The molecule has 4 aliphatic rings. The van der Waals surface area contributed by atoms with Gasteiger partial charge in [-0.25, -0.2) is 18.4 Å². The van der Waals surface area contributed by atoms with Crippen LogP contribution in [-0.2, 0) is 34.5 Å². The van der Waals surface area contributed by atoms with Gasteiger partial charge in [0.15, 0.2) is 11.6 Å². The summed E-state index contributed by atoms with van der Waals surface area (Å²) in [6.07, 6.45) is 3.92. The molecule has 0 radical (unpaired) electrons. The van der Waals surface area contributed by atoms with E-state index >= 15 is 0 Å². The van der Waals surface area contributed by atoms with Gasteiger partial charge >= 0.3 is 12.1 Å². The minimum atomic E-state index is -1.26. The Hall–Kier alpha value is -4.02. The Morgan fingerprint density at radius 1 is 1.03 bits per heavy atom. The summed E-state index contributed by atoms with van der Waals surface area (Å²) in [5.41, 5.74) is 2.01. The Morgan fingerprint density at radius 2 is 1.77 bits per heavy atom. The van der Waals surface area contributed by atoms with Crippen LogP contribution in [0.4, 0.5) is 24.1 Å². The van der Waals surface area contributed by atoms with E-state index in [0.29, 0.717) is 54.0 Å². The summed E-state index contributed by atoms with van der Waals surface area (Å²) in [6.45, 7) is -0.328. The van der Waals surface area contributed by atoms with Crippen molar-refractivity contribution in [3.8, 4) is 0 Å². The van der Waals surface area contributed by atoms with Crippen LogP contribution in [0.2, 0.25) is 0 Å². The molecular weight excluding hydrogens is 508 g/mol. The maximum atomic E-state index is 14.1. The van der Waals surface area contributed by atoms with E-state index in [1.807, 2.05) is 0 Å². The molecule has 2 heterocycles. The van der Waals surface area contributed by atoms with Gasteiger partial charge in [-0.05, 0) is 91.0 Å². The summed E-state index contributed by atoms with van der Waals surface area (Å²) in [7, 11) is 1.51. The molecule has 0 bridgehead atoms. The van der Waals surface area contributed by atoms with Crippen LogP contribution in [0, 0.1) is 17.6 Å². The zero-order valence-corrected chi connectivity index (χ0v) is 21.5. The number of hydrogen-bond acceptors (Lipinski definition) is 4. The second kappa shape index (κ2) is 9.32. The Bertz CT molecular complexity index is 1410. The van der Waals surface area contributed by atoms with Gasteiger partial charge in [-0.15, -0.1) is 0 Å². The molecule has 0 unspecified atom stereocenters. The standard InChI is InChI=1S/C28H29F2N5O4/c1-31-26(38)32-19-5-6-20-17(10-19)8-9-28(20)25(37)35(27(39)33-28)14-24(36)34-13-18-12-22(30)21(29)11-16(18)4-7-23(34)15-2-3-15/h5-6,10-12,15,23H,2-4,7-9,13-14H2,1H3,(H,33,39)(H2,31,32,38)/t23-,28-/m0/s1. The number of anilines is 1. The van der Waals surface area contributed by atoms with Crippen LogP contribution in [0.5, 0.6) is 0 Å². The van der Waals surface area contributed by atoms with Gasteiger partial charge in [-0.2, -0.15) is 0 Å². The monoisotopic (exact) mass is 537 g/mol. The van der Waals surface area contributed by atoms with Crippen LogP contribution >= 0.6 is 0 Å². The minimum Gasteiger partial charge on any atom is -0.341 e. The van der Waals surface area contributed by atoms with Crippen LogP contribution < -0.4 is 16.0 Å². The van der Waals surface area contributed by atoms with E-state index in [9.17, 15) is 28.0 Å². The molecule has 2 aliphatic heterocycles. The molecule has 1 saturated heterocycles. The molecule has 2 fully saturated rings. The predicted octanol–water partition coefficient (Wildman–Crippen LogP) is 3.16. The molecule has 2 aromatic rings. The van der Waals surface area contributed by atoms with E-state index in [1.54, 1.807) is 23.1 Å². The Balaban J connectivity index is 1.23. The van der Waals surface area contributed by atoms with Gasteiger partial charge in [0.1, 0.15) is 12.1 Å². The van der Waals surface area contributed by atoms with E-state index in [-0.39, 0.29) is 18.6 Å². The fourth-order valence-corrected chi connectivity index (χ4v) is 6.31. The van der Waals surface area contributed by atoms with Gasteiger partial charge in [0, 0.05) is 25.3 Å². The van der Waals surface area contributed by atoms with E-state index < -0.39 is 41.6 Å². The number of carbonyl (C=O) groups is 4. The van der Waals surface area contributed by atoms with Crippen molar-refractivity contribution in [1.29, 1.82) is 0 Å². The normalized spacial score (nSPS) is 23.8. The van der Waals surface area contributed by atoms with Gasteiger partial charge in [-0.3, -0.25) is 14.5 Å². The number of imide groups is 1. The Kier molecular flexibility index (Phi) is 6.04. The SMILES string of the molecule is CNC(=O)Nc1ccc2c(c1)CC[C@]21NC(=O)N(CC(=O)N2Cc3cc(F)c(F)cc3CC[C@H]2C2CC2)C1=O. The molecule has 2 atom stereocenters. The lowest BCUT2D eigenvalue weighted by atomic mass is 9.91. The number of amides is 6. The number of nitrogens with zero attached hydrogens (tertiary/aromatic N) is 2. The molecule has 9 nitrogen and oxygen atoms in total. The Morgan fingerprint density at radius 3 is 2.49 bits per heavy atom. The van der Waals surface area contributed by atoms with Crippen LogP contribution in [0.15, 0.2) is 30.3 Å². The summed E-state index contributed by atoms with van der Waals surface area (Å²) in [4.78, 5) is 54.7. The fourth-order valence-electron chi connectivity index (χ4n) is 6.31. The average molecular weight is 538 g/mol. The van der Waals surface area contributed by atoms with Crippen molar-refractivity contribution >= 4 is 29.6 Å². The molecule has 39 heavy (non-hydrogen) atoms. The van der Waals surface area contributed by atoms with Crippen molar-refractivity contribution in [2.45, 2.75) is 56.7 Å². The first-order valence-corrected chi connectivity index (χ1v) is 13.2. The average Bonchev–Trinajstić information content (AvgIpc) is 3.68. The van der Waals surface area contributed by atoms with Crippen molar-refractivity contribution in [2.75, 3.05) is 18.9 Å². The summed E-state index contributed by atoms with van der Waals surface area (Å²) in [5.74, 6) is -2.46. The van der Waals surface area contributed by atoms with E-state index in [0.717, 1.165) is 29.4 Å². The maximum absolute atomic E-state index is 14.1. The Labute approximate surface area is 223 Å². The predicted molar refractivity (Wildman–Crippen MR) is 137 cm³/mol. The zero-order valence-electron chi connectivity index (χ0n) is 21.5. The number of urea groups is 2. The number of hydrogen-bond donors (Lipinski definition) is 3. The number of rotatable bonds is 4. The lowest BCUT2D eigenvalue weighted by Crippen LogP contribution is -2.48. The van der Waals surface area contributed by atoms with Crippen molar-refractivity contribution < 1.29 is 28.0 Å². The zero-order chi connectivity index (χ0) is 27.5. The summed E-state index contributed by atoms with van der Waals surface area (Å²) in [6, 6.07) is 6.40.